The molecule has 0 amide bonds. The van der Waals surface area contributed by atoms with Crippen molar-refractivity contribution in [1.82, 2.24) is 10.3 Å². The predicted octanol–water partition coefficient (Wildman–Crippen LogP) is 4.39. The molecule has 0 saturated heterocycles. The molecule has 4 heteroatoms. The maximum atomic E-state index is 5.86. The quantitative estimate of drug-likeness (QED) is 0.756. The van der Waals surface area contributed by atoms with Gasteiger partial charge in [0.1, 0.15) is 0 Å². The molecule has 106 valence electrons. The van der Waals surface area contributed by atoms with Crippen molar-refractivity contribution in [2.24, 2.45) is 5.92 Å². The Bertz CT molecular complexity index is 363. The Morgan fingerprint density at radius 2 is 2.21 bits per heavy atom. The topological polar surface area (TPSA) is 24.9 Å². The van der Waals surface area contributed by atoms with Crippen LogP contribution in [0.3, 0.4) is 0 Å². The van der Waals surface area contributed by atoms with Crippen molar-refractivity contribution in [1.29, 1.82) is 0 Å². The smallest absolute Gasteiger partial charge is 0.0961 e. The van der Waals surface area contributed by atoms with Crippen LogP contribution in [-0.2, 0) is 0 Å². The maximum Gasteiger partial charge on any atom is 0.0961 e. The number of halogens is 1. The highest BCUT2D eigenvalue weighted by Gasteiger charge is 2.24. The molecule has 19 heavy (non-hydrogen) atoms. The highest BCUT2D eigenvalue weighted by Crippen LogP contribution is 2.30. The number of hydrogen-bond acceptors (Lipinski definition) is 3. The van der Waals surface area contributed by atoms with E-state index >= 15 is 0 Å². The van der Waals surface area contributed by atoms with Crippen molar-refractivity contribution in [2.75, 3.05) is 12.3 Å². The minimum Gasteiger partial charge on any atom is -0.313 e. The van der Waals surface area contributed by atoms with E-state index < -0.39 is 0 Å². The first-order valence-corrected chi connectivity index (χ1v) is 8.63. The molecule has 0 radical (unpaired) electrons. The van der Waals surface area contributed by atoms with Gasteiger partial charge in [0.15, 0.2) is 0 Å². The van der Waals surface area contributed by atoms with Gasteiger partial charge in [0, 0.05) is 18.0 Å². The van der Waals surface area contributed by atoms with Crippen molar-refractivity contribution in [3.8, 4) is 0 Å². The molecule has 1 heterocycles. The fourth-order valence-corrected chi connectivity index (χ4v) is 3.82. The lowest BCUT2D eigenvalue weighted by Crippen LogP contribution is -2.37. The van der Waals surface area contributed by atoms with Crippen LogP contribution in [0.1, 0.15) is 39.0 Å². The Kier molecular flexibility index (Phi) is 6.48. The predicted molar refractivity (Wildman–Crippen MR) is 84.0 cm³/mol. The molecular formula is C15H23ClN2S. The first kappa shape index (κ1) is 15.1. The number of rotatable bonds is 7. The number of nitrogens with one attached hydrogen (secondary N) is 1. The lowest BCUT2D eigenvalue weighted by atomic mass is 10.00. The van der Waals surface area contributed by atoms with Crippen LogP contribution >= 0.6 is 23.4 Å². The highest BCUT2D eigenvalue weighted by atomic mass is 35.5. The molecular weight excluding hydrogens is 276 g/mol. The molecule has 1 N–H and O–H groups in total. The summed E-state index contributed by atoms with van der Waals surface area (Å²) in [7, 11) is 0. The third kappa shape index (κ3) is 4.97. The van der Waals surface area contributed by atoms with E-state index in [0.29, 0.717) is 11.1 Å². The Balaban J connectivity index is 1.86. The molecule has 1 aliphatic rings. The summed E-state index contributed by atoms with van der Waals surface area (Å²) in [5.41, 5.74) is 0. The molecule has 2 rings (SSSR count). The Morgan fingerprint density at radius 1 is 1.42 bits per heavy atom. The van der Waals surface area contributed by atoms with Crippen LogP contribution in [0.2, 0.25) is 5.02 Å². The largest absolute Gasteiger partial charge is 0.313 e. The minimum absolute atomic E-state index is 0.630. The third-order valence-electron chi connectivity index (χ3n) is 3.74. The molecule has 1 atom stereocenters. The number of nitrogens with zero attached hydrogens (tertiary/aromatic N) is 1. The summed E-state index contributed by atoms with van der Waals surface area (Å²) in [5, 5.41) is 5.50. The fraction of sp³-hybridized carbons (Fsp3) is 0.667. The zero-order chi connectivity index (χ0) is 13.5. The van der Waals surface area contributed by atoms with Gasteiger partial charge in [-0.3, -0.25) is 0 Å². The summed E-state index contributed by atoms with van der Waals surface area (Å²) in [4.78, 5) is 4.36. The molecule has 2 nitrogen and oxygen atoms in total. The summed E-state index contributed by atoms with van der Waals surface area (Å²) in [6, 6.07) is 4.56. The van der Waals surface area contributed by atoms with Crippen LogP contribution < -0.4 is 5.32 Å². The average molecular weight is 299 g/mol. The van der Waals surface area contributed by atoms with Crippen molar-refractivity contribution in [2.45, 2.75) is 50.1 Å². The van der Waals surface area contributed by atoms with Gasteiger partial charge in [0.2, 0.25) is 0 Å². The molecule has 0 aromatic carbocycles. The van der Waals surface area contributed by atoms with Gasteiger partial charge in [-0.05, 0) is 43.9 Å². The molecule has 1 fully saturated rings. The van der Waals surface area contributed by atoms with Gasteiger partial charge in [-0.2, -0.15) is 0 Å². The van der Waals surface area contributed by atoms with E-state index in [1.54, 1.807) is 6.20 Å². The lowest BCUT2D eigenvalue weighted by Gasteiger charge is -2.24. The molecule has 1 aromatic heterocycles. The second-order valence-corrected chi connectivity index (χ2v) is 6.71. The summed E-state index contributed by atoms with van der Waals surface area (Å²) in [6.45, 7) is 3.35. The maximum absolute atomic E-state index is 5.86. The van der Waals surface area contributed by atoms with Gasteiger partial charge in [0.05, 0.1) is 10.0 Å². The molecule has 1 aliphatic carbocycles. The second kappa shape index (κ2) is 8.13. The number of thioether (sulfide) groups is 1. The van der Waals surface area contributed by atoms with Crippen LogP contribution in [0, 0.1) is 5.92 Å². The van der Waals surface area contributed by atoms with Gasteiger partial charge >= 0.3 is 0 Å². The van der Waals surface area contributed by atoms with E-state index in [0.717, 1.165) is 23.2 Å². The van der Waals surface area contributed by atoms with Crippen LogP contribution in [0.25, 0.3) is 0 Å². The monoisotopic (exact) mass is 298 g/mol. The van der Waals surface area contributed by atoms with Gasteiger partial charge in [-0.25, -0.2) is 4.98 Å². The Hall–Kier alpha value is -0.250. The molecule has 0 bridgehead atoms. The minimum atomic E-state index is 0.630. The van der Waals surface area contributed by atoms with E-state index in [1.165, 1.54) is 32.1 Å². The SMILES string of the molecule is CCCNC(CSc1ccc(Cl)cn1)C1CCCC1. The third-order valence-corrected chi connectivity index (χ3v) is 5.02. The number of hydrogen-bond donors (Lipinski definition) is 1. The fourth-order valence-electron chi connectivity index (χ4n) is 2.67. The van der Waals surface area contributed by atoms with E-state index in [1.807, 2.05) is 23.9 Å². The van der Waals surface area contributed by atoms with Gasteiger partial charge in [-0.1, -0.05) is 31.4 Å². The normalized spacial score (nSPS) is 17.8. The van der Waals surface area contributed by atoms with E-state index in [-0.39, 0.29) is 0 Å². The first-order valence-electron chi connectivity index (χ1n) is 7.27. The van der Waals surface area contributed by atoms with E-state index in [9.17, 15) is 0 Å². The zero-order valence-electron chi connectivity index (χ0n) is 11.6. The summed E-state index contributed by atoms with van der Waals surface area (Å²) in [6.07, 6.45) is 8.50. The van der Waals surface area contributed by atoms with Crippen molar-refractivity contribution >= 4 is 23.4 Å². The van der Waals surface area contributed by atoms with Crippen molar-refractivity contribution < 1.29 is 0 Å². The van der Waals surface area contributed by atoms with Crippen LogP contribution in [0.5, 0.6) is 0 Å². The molecule has 1 aromatic rings. The summed E-state index contributed by atoms with van der Waals surface area (Å²) >= 11 is 7.70. The molecule has 1 unspecified atom stereocenters. The van der Waals surface area contributed by atoms with Gasteiger partial charge < -0.3 is 5.32 Å². The summed E-state index contributed by atoms with van der Waals surface area (Å²) in [5.74, 6) is 1.96. The van der Waals surface area contributed by atoms with Crippen molar-refractivity contribution in [3.05, 3.63) is 23.4 Å². The van der Waals surface area contributed by atoms with Crippen LogP contribution in [0.15, 0.2) is 23.4 Å². The van der Waals surface area contributed by atoms with Crippen molar-refractivity contribution in [3.63, 3.8) is 0 Å². The number of pyridine rings is 1. The molecule has 0 aliphatic heterocycles. The average Bonchev–Trinajstić information content (AvgIpc) is 2.95. The van der Waals surface area contributed by atoms with Crippen LogP contribution in [-0.4, -0.2) is 23.3 Å². The summed E-state index contributed by atoms with van der Waals surface area (Å²) < 4.78 is 0. The van der Waals surface area contributed by atoms with Gasteiger partial charge in [0.25, 0.3) is 0 Å². The standard InChI is InChI=1S/C15H23ClN2S/c1-2-9-17-14(12-5-3-4-6-12)11-19-15-8-7-13(16)10-18-15/h7-8,10,12,14,17H,2-6,9,11H2,1H3. The highest BCUT2D eigenvalue weighted by molar-refractivity contribution is 7.99. The zero-order valence-corrected chi connectivity index (χ0v) is 13.1. The van der Waals surface area contributed by atoms with E-state index in [4.69, 9.17) is 11.6 Å². The van der Waals surface area contributed by atoms with E-state index in [2.05, 4.69) is 17.2 Å². The first-order chi connectivity index (χ1) is 9.29. The number of aromatic nitrogens is 1. The van der Waals surface area contributed by atoms with Gasteiger partial charge in [-0.15, -0.1) is 11.8 Å². The molecule has 1 saturated carbocycles. The molecule has 0 spiro atoms. The second-order valence-electron chi connectivity index (χ2n) is 5.23. The Labute approximate surface area is 125 Å². The lowest BCUT2D eigenvalue weighted by molar-refractivity contribution is 0.388. The van der Waals surface area contributed by atoms with Crippen LogP contribution in [0.4, 0.5) is 0 Å². The Morgan fingerprint density at radius 3 is 2.84 bits per heavy atom.